The van der Waals surface area contributed by atoms with E-state index >= 15 is 0 Å². The number of carbonyl (C=O) groups is 1. The number of aldehydes is 1. The Balaban J connectivity index is 3.06. The van der Waals surface area contributed by atoms with Gasteiger partial charge in [0.1, 0.15) is 6.29 Å². The second-order valence-electron chi connectivity index (χ2n) is 3.95. The van der Waals surface area contributed by atoms with Gasteiger partial charge in [0.15, 0.2) is 0 Å². The van der Waals surface area contributed by atoms with E-state index in [-0.39, 0.29) is 0 Å². The maximum Gasteiger partial charge on any atom is 0.134 e. The second kappa shape index (κ2) is 4.74. The van der Waals surface area contributed by atoms with Crippen LogP contribution in [0.3, 0.4) is 0 Å². The molecule has 0 heterocycles. The van der Waals surface area contributed by atoms with Crippen molar-refractivity contribution in [3.8, 4) is 0 Å². The predicted octanol–water partition coefficient (Wildman–Crippen LogP) is 3.28. The number of hydrogen-bond acceptors (Lipinski definition) is 1. The van der Waals surface area contributed by atoms with Gasteiger partial charge < -0.3 is 4.79 Å². The maximum absolute atomic E-state index is 11.2. The summed E-state index contributed by atoms with van der Waals surface area (Å²) in [5, 5.41) is 0. The molecular weight excluding hydrogens is 184 g/mol. The smallest absolute Gasteiger partial charge is 0.134 e. The third-order valence-electron chi connectivity index (χ3n) is 2.35. The van der Waals surface area contributed by atoms with E-state index in [4.69, 9.17) is 0 Å². The number of carbonyl (C=O) groups excluding carboxylic acids is 1. The minimum Gasteiger partial charge on any atom is -0.302 e. The molecule has 0 aromatic heterocycles. The Kier molecular flexibility index (Phi) is 3.62. The van der Waals surface area contributed by atoms with Gasteiger partial charge in [-0.2, -0.15) is 0 Å². The lowest BCUT2D eigenvalue weighted by Crippen LogP contribution is -2.20. The van der Waals surface area contributed by atoms with Gasteiger partial charge in [-0.25, -0.2) is 0 Å². The van der Waals surface area contributed by atoms with Crippen molar-refractivity contribution >= 4 is 6.29 Å². The van der Waals surface area contributed by atoms with Crippen LogP contribution in [0.1, 0.15) is 19.4 Å². The van der Waals surface area contributed by atoms with Gasteiger partial charge >= 0.3 is 0 Å². The quantitative estimate of drug-likeness (QED) is 0.538. The molecule has 0 radical (unpaired) electrons. The van der Waals surface area contributed by atoms with Crippen molar-refractivity contribution in [3.63, 3.8) is 0 Å². The highest BCUT2D eigenvalue weighted by molar-refractivity contribution is 5.71. The van der Waals surface area contributed by atoms with Crippen LogP contribution in [0, 0.1) is 0 Å². The van der Waals surface area contributed by atoms with Crippen molar-refractivity contribution in [2.75, 3.05) is 0 Å². The highest BCUT2D eigenvalue weighted by atomic mass is 16.1. The van der Waals surface area contributed by atoms with Crippen molar-refractivity contribution < 1.29 is 4.79 Å². The summed E-state index contributed by atoms with van der Waals surface area (Å²) in [6.07, 6.45) is 4.72. The third kappa shape index (κ3) is 2.91. The summed E-state index contributed by atoms with van der Waals surface area (Å²) in [5.74, 6) is 0. The minimum atomic E-state index is -0.555. The molecule has 0 amide bonds. The van der Waals surface area contributed by atoms with E-state index in [0.717, 1.165) is 17.4 Å². The third-order valence-corrected chi connectivity index (χ3v) is 2.35. The van der Waals surface area contributed by atoms with Crippen molar-refractivity contribution in [1.29, 1.82) is 0 Å². The summed E-state index contributed by atoms with van der Waals surface area (Å²) in [6, 6.07) is 9.73. The fourth-order valence-corrected chi connectivity index (χ4v) is 1.32. The highest BCUT2D eigenvalue weighted by Crippen LogP contribution is 2.23. The van der Waals surface area contributed by atoms with Crippen LogP contribution in [0.25, 0.3) is 0 Å². The van der Waals surface area contributed by atoms with Crippen LogP contribution in [0.15, 0.2) is 54.6 Å². The van der Waals surface area contributed by atoms with Crippen LogP contribution >= 0.6 is 0 Å². The summed E-state index contributed by atoms with van der Waals surface area (Å²) >= 11 is 0. The first-order valence-electron chi connectivity index (χ1n) is 4.95. The summed E-state index contributed by atoms with van der Waals surface area (Å²) in [7, 11) is 0. The van der Waals surface area contributed by atoms with E-state index in [2.05, 4.69) is 6.58 Å². The zero-order valence-electron chi connectivity index (χ0n) is 9.23. The number of allylic oxidation sites excluding steroid dienone is 3. The molecule has 0 spiro atoms. The van der Waals surface area contributed by atoms with E-state index in [1.54, 1.807) is 0 Å². The normalized spacial score (nSPS) is 14.8. The van der Waals surface area contributed by atoms with Crippen LogP contribution in [-0.2, 0) is 10.2 Å². The number of benzene rings is 1. The molecule has 0 aliphatic heterocycles. The Bertz CT molecular complexity index is 376. The Morgan fingerprint density at radius 1 is 1.33 bits per heavy atom. The first-order valence-corrected chi connectivity index (χ1v) is 4.95. The van der Waals surface area contributed by atoms with E-state index in [9.17, 15) is 4.79 Å². The molecule has 0 fully saturated rings. The Morgan fingerprint density at radius 2 is 1.93 bits per heavy atom. The SMILES string of the molecule is C=C(C)/C=C/[C@](C)(C=O)c1ccccc1. The van der Waals surface area contributed by atoms with E-state index in [1.165, 1.54) is 0 Å². The van der Waals surface area contributed by atoms with Gasteiger partial charge in [0.2, 0.25) is 0 Å². The molecule has 78 valence electrons. The molecule has 1 atom stereocenters. The van der Waals surface area contributed by atoms with E-state index in [1.807, 2.05) is 56.3 Å². The second-order valence-corrected chi connectivity index (χ2v) is 3.95. The van der Waals surface area contributed by atoms with Gasteiger partial charge in [0, 0.05) is 0 Å². The zero-order chi connectivity index (χ0) is 11.3. The van der Waals surface area contributed by atoms with Crippen molar-refractivity contribution in [2.45, 2.75) is 19.3 Å². The zero-order valence-corrected chi connectivity index (χ0v) is 9.23. The topological polar surface area (TPSA) is 17.1 Å². The monoisotopic (exact) mass is 200 g/mol. The highest BCUT2D eigenvalue weighted by Gasteiger charge is 2.21. The molecule has 1 heteroatoms. The predicted molar refractivity (Wildman–Crippen MR) is 63.8 cm³/mol. The van der Waals surface area contributed by atoms with Crippen LogP contribution in [-0.4, -0.2) is 6.29 Å². The lowest BCUT2D eigenvalue weighted by Gasteiger charge is -2.19. The molecule has 15 heavy (non-hydrogen) atoms. The van der Waals surface area contributed by atoms with Crippen molar-refractivity contribution in [3.05, 3.63) is 60.2 Å². The molecule has 0 unspecified atom stereocenters. The summed E-state index contributed by atoms with van der Waals surface area (Å²) in [6.45, 7) is 7.59. The Morgan fingerprint density at radius 3 is 2.40 bits per heavy atom. The van der Waals surface area contributed by atoms with E-state index < -0.39 is 5.41 Å². The summed E-state index contributed by atoms with van der Waals surface area (Å²) < 4.78 is 0. The van der Waals surface area contributed by atoms with Crippen molar-refractivity contribution in [1.82, 2.24) is 0 Å². The summed E-state index contributed by atoms with van der Waals surface area (Å²) in [5.41, 5.74) is 1.39. The van der Waals surface area contributed by atoms with E-state index in [0.29, 0.717) is 0 Å². The average Bonchev–Trinajstić information content (AvgIpc) is 2.27. The lowest BCUT2D eigenvalue weighted by atomic mass is 9.83. The van der Waals surface area contributed by atoms with Gasteiger partial charge in [-0.15, -0.1) is 0 Å². The molecule has 0 saturated heterocycles. The maximum atomic E-state index is 11.2. The standard InChI is InChI=1S/C14H16O/c1-12(2)9-10-14(3,11-15)13-7-5-4-6-8-13/h4-11H,1H2,2-3H3/b10-9+/t14-/m1/s1. The lowest BCUT2D eigenvalue weighted by molar-refractivity contribution is -0.110. The van der Waals surface area contributed by atoms with Gasteiger partial charge in [-0.3, -0.25) is 0 Å². The molecule has 0 aliphatic carbocycles. The van der Waals surface area contributed by atoms with Gasteiger partial charge in [-0.1, -0.05) is 54.6 Å². The number of rotatable bonds is 4. The average molecular weight is 200 g/mol. The molecule has 1 aromatic rings. The summed E-state index contributed by atoms with van der Waals surface area (Å²) in [4.78, 5) is 11.2. The number of hydrogen-bond donors (Lipinski definition) is 0. The molecule has 1 aromatic carbocycles. The molecule has 1 nitrogen and oxygen atoms in total. The minimum absolute atomic E-state index is 0.555. The molecule has 0 aliphatic rings. The van der Waals surface area contributed by atoms with Crippen molar-refractivity contribution in [2.24, 2.45) is 0 Å². The largest absolute Gasteiger partial charge is 0.302 e. The van der Waals surface area contributed by atoms with Crippen LogP contribution < -0.4 is 0 Å². The first kappa shape index (κ1) is 11.4. The Hall–Kier alpha value is -1.63. The fraction of sp³-hybridized carbons (Fsp3) is 0.214. The molecule has 0 saturated carbocycles. The van der Waals surface area contributed by atoms with Gasteiger partial charge in [0.25, 0.3) is 0 Å². The molecule has 1 rings (SSSR count). The van der Waals surface area contributed by atoms with Crippen LogP contribution in [0.4, 0.5) is 0 Å². The van der Waals surface area contributed by atoms with Crippen LogP contribution in [0.5, 0.6) is 0 Å². The van der Waals surface area contributed by atoms with Gasteiger partial charge in [-0.05, 0) is 19.4 Å². The first-order chi connectivity index (χ1) is 7.08. The fourth-order valence-electron chi connectivity index (χ4n) is 1.32. The molecule has 0 bridgehead atoms. The molecular formula is C14H16O. The van der Waals surface area contributed by atoms with Gasteiger partial charge in [0.05, 0.1) is 5.41 Å². The Labute approximate surface area is 91.1 Å². The molecule has 0 N–H and O–H groups in total. The van der Waals surface area contributed by atoms with Crippen LogP contribution in [0.2, 0.25) is 0 Å².